The Balaban J connectivity index is 1.99. The Morgan fingerprint density at radius 2 is 1.95 bits per heavy atom. The van der Waals surface area contributed by atoms with Crippen molar-refractivity contribution in [3.8, 4) is 0 Å². The number of anilines is 1. The lowest BCUT2D eigenvalue weighted by molar-refractivity contribution is 0.391. The third kappa shape index (κ3) is 2.41. The zero-order chi connectivity index (χ0) is 14.3. The lowest BCUT2D eigenvalue weighted by Gasteiger charge is -2.25. The van der Waals surface area contributed by atoms with Crippen molar-refractivity contribution >= 4 is 28.8 Å². The number of fused-ring (bicyclic) bond motifs is 2. The van der Waals surface area contributed by atoms with Gasteiger partial charge in [0.15, 0.2) is 0 Å². The zero-order valence-electron chi connectivity index (χ0n) is 12.3. The van der Waals surface area contributed by atoms with Crippen molar-refractivity contribution in [3.05, 3.63) is 41.3 Å². The lowest BCUT2D eigenvalue weighted by Crippen LogP contribution is -2.27. The molecule has 1 unspecified atom stereocenters. The average molecular weight is 285 g/mol. The molecule has 0 spiro atoms. The van der Waals surface area contributed by atoms with E-state index in [0.29, 0.717) is 6.04 Å². The molecule has 1 heterocycles. The molecule has 104 valence electrons. The number of benzene rings is 1. The van der Waals surface area contributed by atoms with Crippen LogP contribution in [0.2, 0.25) is 0 Å². The Kier molecular flexibility index (Phi) is 3.44. The fourth-order valence-corrected chi connectivity index (χ4v) is 3.33. The molecule has 4 heteroatoms. The van der Waals surface area contributed by atoms with Gasteiger partial charge in [-0.3, -0.25) is 4.90 Å². The van der Waals surface area contributed by atoms with Gasteiger partial charge in [0.2, 0.25) is 0 Å². The highest BCUT2D eigenvalue weighted by molar-refractivity contribution is 8.04. The Hall–Kier alpha value is -1.52. The van der Waals surface area contributed by atoms with Gasteiger partial charge in [0, 0.05) is 35.6 Å². The van der Waals surface area contributed by atoms with Crippen LogP contribution in [0.15, 0.2) is 51.2 Å². The first-order valence-corrected chi connectivity index (χ1v) is 7.51. The molecule has 0 saturated carbocycles. The van der Waals surface area contributed by atoms with Gasteiger partial charge in [-0.25, -0.2) is 4.99 Å². The molecule has 0 bridgehead atoms. The molecule has 0 amide bonds. The van der Waals surface area contributed by atoms with Gasteiger partial charge >= 0.3 is 0 Å². The van der Waals surface area contributed by atoms with E-state index in [9.17, 15) is 0 Å². The number of nitrogens with zero attached hydrogens (tertiary/aromatic N) is 3. The van der Waals surface area contributed by atoms with Crippen molar-refractivity contribution < 1.29 is 0 Å². The van der Waals surface area contributed by atoms with Gasteiger partial charge in [0.25, 0.3) is 0 Å². The van der Waals surface area contributed by atoms with E-state index in [-0.39, 0.29) is 0 Å². The van der Waals surface area contributed by atoms with E-state index in [0.717, 1.165) is 11.4 Å². The van der Waals surface area contributed by atoms with Crippen molar-refractivity contribution in [3.63, 3.8) is 0 Å². The van der Waals surface area contributed by atoms with Crippen molar-refractivity contribution in [2.45, 2.75) is 10.9 Å². The normalized spacial score (nSPS) is 20.1. The van der Waals surface area contributed by atoms with Crippen LogP contribution in [0.1, 0.15) is 0 Å². The van der Waals surface area contributed by atoms with Gasteiger partial charge in [-0.1, -0.05) is 17.8 Å². The summed E-state index contributed by atoms with van der Waals surface area (Å²) in [5, 5.41) is 0. The molecule has 0 N–H and O–H groups in total. The third-order valence-electron chi connectivity index (χ3n) is 3.54. The highest BCUT2D eigenvalue weighted by Gasteiger charge is 2.21. The maximum atomic E-state index is 4.77. The zero-order valence-corrected chi connectivity index (χ0v) is 13.1. The quantitative estimate of drug-likeness (QED) is 0.831. The minimum atomic E-state index is 0.357. The summed E-state index contributed by atoms with van der Waals surface area (Å²) < 4.78 is 0. The molecule has 1 aliphatic heterocycles. The Bertz CT molecular complexity index is 627. The number of hydrogen-bond donors (Lipinski definition) is 0. The number of thioether (sulfide) groups is 1. The standard InChI is InChI=1S/C16H19N3S/c1-18(2)11-5-7-13-15(9-11)20-16-10-12(19(3)4)6-8-14(16)17-13/h5-11H,1-4H3. The molecule has 0 fully saturated rings. The third-order valence-corrected chi connectivity index (χ3v) is 4.65. The number of rotatable bonds is 2. The predicted octanol–water partition coefficient (Wildman–Crippen LogP) is 3.31. The number of aliphatic imine (C=N–C) groups is 1. The first-order valence-electron chi connectivity index (χ1n) is 6.69. The van der Waals surface area contributed by atoms with Crippen LogP contribution in [-0.4, -0.2) is 44.8 Å². The molecule has 2 aliphatic rings. The van der Waals surface area contributed by atoms with Gasteiger partial charge in [-0.2, -0.15) is 0 Å². The fourth-order valence-electron chi connectivity index (χ4n) is 2.27. The summed E-state index contributed by atoms with van der Waals surface area (Å²) in [4.78, 5) is 11.6. The molecule has 3 nitrogen and oxygen atoms in total. The molecule has 0 saturated heterocycles. The van der Waals surface area contributed by atoms with E-state index in [1.54, 1.807) is 0 Å². The summed E-state index contributed by atoms with van der Waals surface area (Å²) in [6.07, 6.45) is 6.62. The summed E-state index contributed by atoms with van der Waals surface area (Å²) in [5.41, 5.74) is 3.37. The van der Waals surface area contributed by atoms with E-state index in [1.165, 1.54) is 15.5 Å². The second kappa shape index (κ2) is 5.11. The Labute approximate surface area is 124 Å². The van der Waals surface area contributed by atoms with Crippen LogP contribution in [0, 0.1) is 0 Å². The summed E-state index contributed by atoms with van der Waals surface area (Å²) >= 11 is 1.82. The Morgan fingerprint density at radius 1 is 1.15 bits per heavy atom. The molecule has 3 rings (SSSR count). The first kappa shape index (κ1) is 13.5. The molecular weight excluding hydrogens is 266 g/mol. The van der Waals surface area contributed by atoms with Crippen LogP contribution < -0.4 is 4.90 Å². The number of allylic oxidation sites excluding steroid dienone is 2. The van der Waals surface area contributed by atoms with Crippen LogP contribution in [-0.2, 0) is 0 Å². The van der Waals surface area contributed by atoms with Crippen molar-refractivity contribution in [1.29, 1.82) is 0 Å². The molecule has 1 aliphatic carbocycles. The van der Waals surface area contributed by atoms with E-state index in [1.807, 2.05) is 11.8 Å². The van der Waals surface area contributed by atoms with Gasteiger partial charge in [-0.15, -0.1) is 0 Å². The smallest absolute Gasteiger partial charge is 0.0778 e. The van der Waals surface area contributed by atoms with E-state index < -0.39 is 0 Å². The van der Waals surface area contributed by atoms with Crippen LogP contribution in [0.3, 0.4) is 0 Å². The predicted molar refractivity (Wildman–Crippen MR) is 88.4 cm³/mol. The van der Waals surface area contributed by atoms with Crippen molar-refractivity contribution in [2.24, 2.45) is 4.99 Å². The molecule has 1 aromatic carbocycles. The highest BCUT2D eigenvalue weighted by Crippen LogP contribution is 2.43. The molecule has 0 aromatic heterocycles. The summed E-state index contributed by atoms with van der Waals surface area (Å²) in [7, 11) is 8.32. The fraction of sp³-hybridized carbons (Fsp3) is 0.312. The summed E-state index contributed by atoms with van der Waals surface area (Å²) in [5.74, 6) is 0. The van der Waals surface area contributed by atoms with Gasteiger partial charge in [0.05, 0.1) is 11.4 Å². The van der Waals surface area contributed by atoms with Crippen molar-refractivity contribution in [1.82, 2.24) is 4.90 Å². The van der Waals surface area contributed by atoms with E-state index in [4.69, 9.17) is 4.99 Å². The van der Waals surface area contributed by atoms with Crippen LogP contribution in [0.25, 0.3) is 0 Å². The molecule has 0 radical (unpaired) electrons. The first-order chi connectivity index (χ1) is 9.54. The van der Waals surface area contributed by atoms with E-state index in [2.05, 4.69) is 74.4 Å². The van der Waals surface area contributed by atoms with Crippen molar-refractivity contribution in [2.75, 3.05) is 33.1 Å². The van der Waals surface area contributed by atoms with Crippen LogP contribution in [0.5, 0.6) is 0 Å². The van der Waals surface area contributed by atoms with Gasteiger partial charge < -0.3 is 4.90 Å². The SMILES string of the molecule is CN(C)c1ccc2c(c1)SC1=CC(N(C)C)C=CC1=N2. The molecule has 20 heavy (non-hydrogen) atoms. The summed E-state index contributed by atoms with van der Waals surface area (Å²) in [6.45, 7) is 0. The molecular formula is C16H19N3S. The summed E-state index contributed by atoms with van der Waals surface area (Å²) in [6, 6.07) is 6.79. The lowest BCUT2D eigenvalue weighted by atomic mass is 10.1. The minimum absolute atomic E-state index is 0.357. The maximum Gasteiger partial charge on any atom is 0.0778 e. The largest absolute Gasteiger partial charge is 0.378 e. The Morgan fingerprint density at radius 3 is 2.65 bits per heavy atom. The highest BCUT2D eigenvalue weighted by atomic mass is 32.2. The molecule has 1 aromatic rings. The second-order valence-electron chi connectivity index (χ2n) is 5.49. The molecule has 1 atom stereocenters. The number of hydrogen-bond acceptors (Lipinski definition) is 4. The maximum absolute atomic E-state index is 4.77. The monoisotopic (exact) mass is 285 g/mol. The van der Waals surface area contributed by atoms with Crippen LogP contribution >= 0.6 is 11.8 Å². The minimum Gasteiger partial charge on any atom is -0.378 e. The number of likely N-dealkylation sites (N-methyl/N-ethyl adjacent to an activating group) is 1. The van der Waals surface area contributed by atoms with Gasteiger partial charge in [-0.05, 0) is 44.4 Å². The van der Waals surface area contributed by atoms with E-state index >= 15 is 0 Å². The van der Waals surface area contributed by atoms with Gasteiger partial charge in [0.1, 0.15) is 0 Å². The second-order valence-corrected chi connectivity index (χ2v) is 6.57. The van der Waals surface area contributed by atoms with Crippen LogP contribution in [0.4, 0.5) is 11.4 Å². The average Bonchev–Trinajstić information content (AvgIpc) is 2.43. The topological polar surface area (TPSA) is 18.8 Å².